The molecule has 0 bridgehead atoms. The summed E-state index contributed by atoms with van der Waals surface area (Å²) in [7, 11) is -9.76. The van der Waals surface area contributed by atoms with Crippen LogP contribution in [0.3, 0.4) is 0 Å². The maximum absolute atomic E-state index is 12.4. The summed E-state index contributed by atoms with van der Waals surface area (Å²) in [6.07, 6.45) is 4.09. The van der Waals surface area contributed by atoms with Gasteiger partial charge in [0.2, 0.25) is 5.78 Å². The molecule has 33 heavy (non-hydrogen) atoms. The molecule has 2 aromatic carbocycles. The third-order valence-corrected chi connectivity index (χ3v) is 4.22. The van der Waals surface area contributed by atoms with Gasteiger partial charge in [0.15, 0.2) is 5.76 Å². The first-order valence-corrected chi connectivity index (χ1v) is 11.2. The summed E-state index contributed by atoms with van der Waals surface area (Å²) in [5.41, 5.74) is 1.02. The Morgan fingerprint density at radius 1 is 0.818 bits per heavy atom. The van der Waals surface area contributed by atoms with Crippen molar-refractivity contribution in [3.8, 4) is 11.5 Å². The van der Waals surface area contributed by atoms with Gasteiger partial charge < -0.3 is 22.2 Å². The van der Waals surface area contributed by atoms with Crippen LogP contribution in [-0.4, -0.2) is 38.3 Å². The largest absolute Gasteiger partial charge is 1.00 e. The smallest absolute Gasteiger partial charge is 0.716 e. The van der Waals surface area contributed by atoms with Gasteiger partial charge in [0.25, 0.3) is 20.8 Å². The van der Waals surface area contributed by atoms with Crippen LogP contribution < -0.4 is 67.5 Å². The first kappa shape index (κ1) is 31.8. The van der Waals surface area contributed by atoms with E-state index < -0.39 is 26.6 Å². The van der Waals surface area contributed by atoms with Crippen molar-refractivity contribution in [3.05, 3.63) is 71.5 Å². The summed E-state index contributed by atoms with van der Waals surface area (Å²) in [4.78, 5) is 12.4. The molecule has 10 nitrogen and oxygen atoms in total. The molecule has 0 amide bonds. The Balaban J connectivity index is 0.00000512. The van der Waals surface area contributed by atoms with E-state index in [-0.39, 0.29) is 83.0 Å². The van der Waals surface area contributed by atoms with E-state index in [2.05, 4.69) is 8.37 Å². The van der Waals surface area contributed by atoms with Crippen molar-refractivity contribution in [2.45, 2.75) is 6.92 Å². The van der Waals surface area contributed by atoms with Crippen molar-refractivity contribution < 1.29 is 103 Å². The minimum atomic E-state index is -4.89. The Kier molecular flexibility index (Phi) is 13.8. The topological polar surface area (TPSA) is 159 Å². The molecule has 2 rings (SSSR count). The van der Waals surface area contributed by atoms with Crippen LogP contribution >= 0.6 is 0 Å². The quantitative estimate of drug-likeness (QED) is 0.101. The Morgan fingerprint density at radius 2 is 1.24 bits per heavy atom. The maximum Gasteiger partial charge on any atom is 1.00 e. The van der Waals surface area contributed by atoms with Crippen LogP contribution in [0.4, 0.5) is 0 Å². The SMILES string of the molecule is CCOC(=Cc1ccc(OS(=O)(=O)[O-])cc1)C(=O)C=Cc1ccc(OS(=O)(=O)[O-])cc1.[Na+].[Na+]. The van der Waals surface area contributed by atoms with E-state index in [1.165, 1.54) is 66.8 Å². The van der Waals surface area contributed by atoms with Crippen LogP contribution in [0.5, 0.6) is 11.5 Å². The number of carbonyl (C=O) groups excluding carboxylic acids is 1. The minimum Gasteiger partial charge on any atom is -0.716 e. The predicted molar refractivity (Wildman–Crippen MR) is 107 cm³/mol. The first-order valence-electron chi connectivity index (χ1n) is 8.53. The van der Waals surface area contributed by atoms with E-state index in [9.17, 15) is 30.7 Å². The molecule has 0 aliphatic heterocycles. The number of ether oxygens (including phenoxy) is 1. The second-order valence-corrected chi connectivity index (χ2v) is 7.73. The van der Waals surface area contributed by atoms with Gasteiger partial charge in [-0.3, -0.25) is 4.79 Å². The second-order valence-electron chi connectivity index (χ2n) is 5.76. The van der Waals surface area contributed by atoms with Gasteiger partial charge in [0.05, 0.1) is 6.61 Å². The summed E-state index contributed by atoms with van der Waals surface area (Å²) < 4.78 is 77.2. The van der Waals surface area contributed by atoms with E-state index in [0.717, 1.165) is 0 Å². The van der Waals surface area contributed by atoms with E-state index in [4.69, 9.17) is 4.74 Å². The fraction of sp³-hybridized carbons (Fsp3) is 0.105. The molecule has 0 N–H and O–H groups in total. The molecule has 0 aliphatic carbocycles. The van der Waals surface area contributed by atoms with Crippen LogP contribution in [0.25, 0.3) is 12.2 Å². The van der Waals surface area contributed by atoms with Gasteiger partial charge in [-0.1, -0.05) is 30.3 Å². The molecule has 0 heterocycles. The molecule has 0 saturated carbocycles. The number of carbonyl (C=O) groups is 1. The van der Waals surface area contributed by atoms with Gasteiger partial charge >= 0.3 is 59.1 Å². The Morgan fingerprint density at radius 3 is 1.64 bits per heavy atom. The zero-order chi connectivity index (χ0) is 23.1. The van der Waals surface area contributed by atoms with Crippen molar-refractivity contribution in [1.82, 2.24) is 0 Å². The Bertz CT molecular complexity index is 1190. The molecule has 14 heteroatoms. The minimum absolute atomic E-state index is 0. The van der Waals surface area contributed by atoms with E-state index in [1.807, 2.05) is 0 Å². The molecule has 2 aromatic rings. The molecule has 0 unspecified atom stereocenters. The van der Waals surface area contributed by atoms with Gasteiger partial charge in [0.1, 0.15) is 11.5 Å². The standard InChI is InChI=1S/C19H18O10S2.2Na/c1-2-27-19(13-15-5-10-17(11-6-15)29-31(24,25)26)18(20)12-7-14-3-8-16(9-4-14)28-30(21,22)23;;/h3-13H,2H2,1H3,(H,21,22,23)(H,24,25,26);;/q;2*+1/p-2. The Hall–Kier alpha value is -1.19. The number of ketones is 1. The van der Waals surface area contributed by atoms with Crippen LogP contribution in [0, 0.1) is 0 Å². The molecule has 0 spiro atoms. The summed E-state index contributed by atoms with van der Waals surface area (Å²) >= 11 is 0. The van der Waals surface area contributed by atoms with Crippen molar-refractivity contribution in [2.75, 3.05) is 6.61 Å². The molecular weight excluding hydrogens is 498 g/mol. The van der Waals surface area contributed by atoms with Gasteiger partial charge in [-0.15, -0.1) is 0 Å². The summed E-state index contributed by atoms with van der Waals surface area (Å²) in [6.45, 7) is 1.89. The maximum atomic E-state index is 12.4. The zero-order valence-corrected chi connectivity index (χ0v) is 23.6. The number of benzene rings is 2. The number of hydrogen-bond acceptors (Lipinski definition) is 10. The molecule has 0 fully saturated rings. The van der Waals surface area contributed by atoms with Crippen LogP contribution in [0.15, 0.2) is 60.4 Å². The number of rotatable bonds is 10. The van der Waals surface area contributed by atoms with E-state index in [0.29, 0.717) is 11.1 Å². The molecule has 0 atom stereocenters. The summed E-state index contributed by atoms with van der Waals surface area (Å²) in [5, 5.41) is 0. The average Bonchev–Trinajstić information content (AvgIpc) is 2.66. The first-order chi connectivity index (χ1) is 14.4. The third kappa shape index (κ3) is 12.7. The molecule has 166 valence electrons. The van der Waals surface area contributed by atoms with Gasteiger partial charge in [-0.2, -0.15) is 0 Å². The van der Waals surface area contributed by atoms with Crippen LogP contribution in [-0.2, 0) is 30.3 Å². The number of allylic oxidation sites excluding steroid dienone is 1. The molecule has 0 radical (unpaired) electrons. The molecule has 0 saturated heterocycles. The summed E-state index contributed by atoms with van der Waals surface area (Å²) in [6, 6.07) is 10.7. The Labute approximate surface area is 236 Å². The van der Waals surface area contributed by atoms with Gasteiger partial charge in [0, 0.05) is 0 Å². The normalized spacial score (nSPS) is 11.8. The van der Waals surface area contributed by atoms with E-state index >= 15 is 0 Å². The second kappa shape index (κ2) is 14.3. The molecular formula is C19H16Na2O10S2. The zero-order valence-electron chi connectivity index (χ0n) is 18.0. The third-order valence-electron chi connectivity index (χ3n) is 3.42. The fourth-order valence-corrected chi connectivity index (χ4v) is 2.93. The molecule has 0 aliphatic rings. The van der Waals surface area contributed by atoms with Crippen molar-refractivity contribution in [3.63, 3.8) is 0 Å². The van der Waals surface area contributed by atoms with Crippen molar-refractivity contribution >= 4 is 38.7 Å². The fourth-order valence-electron chi connectivity index (χ4n) is 2.23. The number of hydrogen-bond donors (Lipinski definition) is 0. The average molecular weight is 514 g/mol. The van der Waals surface area contributed by atoms with Crippen LogP contribution in [0.1, 0.15) is 18.1 Å². The van der Waals surface area contributed by atoms with Gasteiger partial charge in [-0.25, -0.2) is 16.8 Å². The van der Waals surface area contributed by atoms with Crippen molar-refractivity contribution in [2.24, 2.45) is 0 Å². The van der Waals surface area contributed by atoms with Crippen LogP contribution in [0.2, 0.25) is 0 Å². The predicted octanol–water partition coefficient (Wildman–Crippen LogP) is -3.97. The van der Waals surface area contributed by atoms with E-state index in [1.54, 1.807) is 6.92 Å². The summed E-state index contributed by atoms with van der Waals surface area (Å²) in [5.74, 6) is -0.813. The van der Waals surface area contributed by atoms with Crippen molar-refractivity contribution in [1.29, 1.82) is 0 Å². The van der Waals surface area contributed by atoms with Gasteiger partial charge in [-0.05, 0) is 54.5 Å². The monoisotopic (exact) mass is 514 g/mol. The molecule has 0 aromatic heterocycles.